The molecule has 0 atom stereocenters. The van der Waals surface area contributed by atoms with Crippen LogP contribution in [0.15, 0.2) is 0 Å². The Labute approximate surface area is 175 Å². The third-order valence-electron chi connectivity index (χ3n) is 4.99. The van der Waals surface area contributed by atoms with Gasteiger partial charge >= 0.3 is 5.97 Å². The molecule has 28 heavy (non-hydrogen) atoms. The molecule has 0 fully saturated rings. The van der Waals surface area contributed by atoms with E-state index in [1.807, 2.05) is 0 Å². The standard InChI is InChI=1S/C24H48O4/c1-3-5-7-8-9-10-11-12-13-14-15-16-17-18-24(25)28-23-22-27-21-20-26-19-6-4-2/h3-23H2,1-2H3. The fraction of sp³-hybridized carbons (Fsp3) is 0.958. The van der Waals surface area contributed by atoms with Crippen LogP contribution in [0, 0.1) is 0 Å². The molecule has 0 saturated carbocycles. The van der Waals surface area contributed by atoms with E-state index >= 15 is 0 Å². The van der Waals surface area contributed by atoms with Gasteiger partial charge in [0.25, 0.3) is 0 Å². The lowest BCUT2D eigenvalue weighted by molar-refractivity contribution is -0.145. The second-order valence-corrected chi connectivity index (χ2v) is 7.79. The number of hydrogen-bond donors (Lipinski definition) is 0. The van der Waals surface area contributed by atoms with E-state index in [0.29, 0.717) is 32.8 Å². The average Bonchev–Trinajstić information content (AvgIpc) is 2.70. The van der Waals surface area contributed by atoms with Crippen molar-refractivity contribution < 1.29 is 19.0 Å². The quantitative estimate of drug-likeness (QED) is 0.139. The molecular weight excluding hydrogens is 352 g/mol. The van der Waals surface area contributed by atoms with Gasteiger partial charge in [0.05, 0.1) is 19.8 Å². The number of ether oxygens (including phenoxy) is 3. The highest BCUT2D eigenvalue weighted by atomic mass is 16.6. The molecular formula is C24H48O4. The molecule has 0 aromatic rings. The molecule has 0 aromatic carbocycles. The zero-order valence-electron chi connectivity index (χ0n) is 19.0. The first-order valence-corrected chi connectivity index (χ1v) is 12.1. The summed E-state index contributed by atoms with van der Waals surface area (Å²) in [6.07, 6.45) is 19.9. The molecule has 168 valence electrons. The first kappa shape index (κ1) is 27.4. The third-order valence-corrected chi connectivity index (χ3v) is 4.99. The molecule has 0 aliphatic carbocycles. The molecule has 0 aliphatic heterocycles. The summed E-state index contributed by atoms with van der Waals surface area (Å²) in [5.41, 5.74) is 0. The largest absolute Gasteiger partial charge is 0.463 e. The maximum atomic E-state index is 11.6. The number of esters is 1. The van der Waals surface area contributed by atoms with Crippen molar-refractivity contribution >= 4 is 5.97 Å². The van der Waals surface area contributed by atoms with Gasteiger partial charge in [-0.1, -0.05) is 97.3 Å². The van der Waals surface area contributed by atoms with Gasteiger partial charge in [0.1, 0.15) is 6.61 Å². The van der Waals surface area contributed by atoms with Crippen molar-refractivity contribution in [1.29, 1.82) is 0 Å². The number of unbranched alkanes of at least 4 members (excludes halogenated alkanes) is 13. The second-order valence-electron chi connectivity index (χ2n) is 7.79. The van der Waals surface area contributed by atoms with Crippen molar-refractivity contribution in [3.8, 4) is 0 Å². The van der Waals surface area contributed by atoms with E-state index in [1.165, 1.54) is 70.6 Å². The van der Waals surface area contributed by atoms with Crippen molar-refractivity contribution in [1.82, 2.24) is 0 Å². The van der Waals surface area contributed by atoms with Gasteiger partial charge in [-0.25, -0.2) is 0 Å². The molecule has 0 aliphatic rings. The van der Waals surface area contributed by atoms with Gasteiger partial charge in [0.2, 0.25) is 0 Å². The molecule has 0 unspecified atom stereocenters. The van der Waals surface area contributed by atoms with Crippen molar-refractivity contribution in [2.45, 2.75) is 117 Å². The first-order valence-electron chi connectivity index (χ1n) is 12.1. The van der Waals surface area contributed by atoms with E-state index in [1.54, 1.807) is 0 Å². The van der Waals surface area contributed by atoms with Crippen molar-refractivity contribution in [2.75, 3.05) is 33.0 Å². The maximum absolute atomic E-state index is 11.6. The Balaban J connectivity index is 3.13. The fourth-order valence-corrected chi connectivity index (χ4v) is 3.14. The molecule has 0 spiro atoms. The number of hydrogen-bond acceptors (Lipinski definition) is 4. The van der Waals surface area contributed by atoms with E-state index in [0.717, 1.165) is 32.3 Å². The molecule has 0 rings (SSSR count). The zero-order valence-corrected chi connectivity index (χ0v) is 19.0. The lowest BCUT2D eigenvalue weighted by atomic mass is 10.0. The van der Waals surface area contributed by atoms with E-state index in [4.69, 9.17) is 14.2 Å². The lowest BCUT2D eigenvalue weighted by Crippen LogP contribution is -2.13. The Bertz CT molecular complexity index is 307. The summed E-state index contributed by atoms with van der Waals surface area (Å²) >= 11 is 0. The number of carbonyl (C=O) groups excluding carboxylic acids is 1. The summed E-state index contributed by atoms with van der Waals surface area (Å²) in [5.74, 6) is -0.0918. The Morgan fingerprint density at radius 2 is 0.929 bits per heavy atom. The summed E-state index contributed by atoms with van der Waals surface area (Å²) in [6, 6.07) is 0. The fourth-order valence-electron chi connectivity index (χ4n) is 3.14. The van der Waals surface area contributed by atoms with Gasteiger partial charge in [0, 0.05) is 13.0 Å². The van der Waals surface area contributed by atoms with Crippen LogP contribution in [0.4, 0.5) is 0 Å². The summed E-state index contributed by atoms with van der Waals surface area (Å²) in [7, 11) is 0. The molecule has 0 saturated heterocycles. The minimum Gasteiger partial charge on any atom is -0.463 e. The second kappa shape index (κ2) is 24.4. The van der Waals surface area contributed by atoms with E-state index in [-0.39, 0.29) is 5.97 Å². The summed E-state index contributed by atoms with van der Waals surface area (Å²) in [6.45, 7) is 7.22. The minimum atomic E-state index is -0.0918. The van der Waals surface area contributed by atoms with Crippen LogP contribution in [0.3, 0.4) is 0 Å². The van der Waals surface area contributed by atoms with Crippen molar-refractivity contribution in [3.63, 3.8) is 0 Å². The highest BCUT2D eigenvalue weighted by Gasteiger charge is 2.02. The normalized spacial score (nSPS) is 11.1. The van der Waals surface area contributed by atoms with Gasteiger partial charge in [-0.3, -0.25) is 4.79 Å². The van der Waals surface area contributed by atoms with Gasteiger partial charge < -0.3 is 14.2 Å². The predicted octanol–water partition coefficient (Wildman–Crippen LogP) is 6.84. The van der Waals surface area contributed by atoms with Crippen LogP contribution in [0.1, 0.15) is 117 Å². The van der Waals surface area contributed by atoms with Crippen LogP contribution in [-0.2, 0) is 19.0 Å². The molecule has 0 aromatic heterocycles. The van der Waals surface area contributed by atoms with Crippen LogP contribution in [0.5, 0.6) is 0 Å². The van der Waals surface area contributed by atoms with E-state index in [9.17, 15) is 4.79 Å². The molecule has 0 N–H and O–H groups in total. The zero-order chi connectivity index (χ0) is 20.5. The van der Waals surface area contributed by atoms with Crippen molar-refractivity contribution in [3.05, 3.63) is 0 Å². The van der Waals surface area contributed by atoms with Crippen LogP contribution in [0.25, 0.3) is 0 Å². The maximum Gasteiger partial charge on any atom is 0.305 e. The van der Waals surface area contributed by atoms with Gasteiger partial charge in [-0.15, -0.1) is 0 Å². The van der Waals surface area contributed by atoms with Crippen LogP contribution < -0.4 is 0 Å². The van der Waals surface area contributed by atoms with E-state index < -0.39 is 0 Å². The predicted molar refractivity (Wildman–Crippen MR) is 118 cm³/mol. The first-order chi connectivity index (χ1) is 13.8. The van der Waals surface area contributed by atoms with E-state index in [2.05, 4.69) is 13.8 Å². The van der Waals surface area contributed by atoms with Crippen LogP contribution in [0.2, 0.25) is 0 Å². The number of carbonyl (C=O) groups is 1. The van der Waals surface area contributed by atoms with Gasteiger partial charge in [-0.05, 0) is 12.8 Å². The van der Waals surface area contributed by atoms with Gasteiger partial charge in [-0.2, -0.15) is 0 Å². The topological polar surface area (TPSA) is 44.8 Å². The average molecular weight is 401 g/mol. The van der Waals surface area contributed by atoms with Crippen LogP contribution >= 0.6 is 0 Å². The lowest BCUT2D eigenvalue weighted by Gasteiger charge is -2.07. The molecule has 4 nitrogen and oxygen atoms in total. The minimum absolute atomic E-state index is 0.0918. The highest BCUT2D eigenvalue weighted by Crippen LogP contribution is 2.13. The molecule has 4 heteroatoms. The molecule has 0 amide bonds. The Morgan fingerprint density at radius 3 is 1.46 bits per heavy atom. The summed E-state index contributed by atoms with van der Waals surface area (Å²) < 4.78 is 16.0. The SMILES string of the molecule is CCCCCCCCCCCCCCCC(=O)OCCOCCOCCCC. The summed E-state index contributed by atoms with van der Waals surface area (Å²) in [5, 5.41) is 0. The Hall–Kier alpha value is -0.610. The monoisotopic (exact) mass is 400 g/mol. The highest BCUT2D eigenvalue weighted by molar-refractivity contribution is 5.69. The molecule has 0 bridgehead atoms. The Kier molecular flexibility index (Phi) is 23.9. The third kappa shape index (κ3) is 23.4. The van der Waals surface area contributed by atoms with Crippen molar-refractivity contribution in [2.24, 2.45) is 0 Å². The number of rotatable bonds is 23. The van der Waals surface area contributed by atoms with Gasteiger partial charge in [0.15, 0.2) is 0 Å². The summed E-state index contributed by atoms with van der Waals surface area (Å²) in [4.78, 5) is 11.6. The van der Waals surface area contributed by atoms with Crippen LogP contribution in [-0.4, -0.2) is 39.0 Å². The Morgan fingerprint density at radius 1 is 0.500 bits per heavy atom. The molecule has 0 radical (unpaired) electrons. The smallest absolute Gasteiger partial charge is 0.305 e. The molecule has 0 heterocycles.